The van der Waals surface area contributed by atoms with Gasteiger partial charge in [0.15, 0.2) is 0 Å². The van der Waals surface area contributed by atoms with Gasteiger partial charge in [0.25, 0.3) is 5.91 Å². The van der Waals surface area contributed by atoms with E-state index in [1.807, 2.05) is 20.8 Å². The first-order chi connectivity index (χ1) is 9.93. The Bertz CT molecular complexity index is 796. The van der Waals surface area contributed by atoms with Crippen LogP contribution in [0.15, 0.2) is 31.1 Å². The maximum absolute atomic E-state index is 12.1. The van der Waals surface area contributed by atoms with Crippen molar-refractivity contribution in [2.24, 2.45) is 0 Å². The van der Waals surface area contributed by atoms with Crippen LogP contribution in [0.2, 0.25) is 0 Å². The van der Waals surface area contributed by atoms with Crippen molar-refractivity contribution in [1.29, 1.82) is 0 Å². The Morgan fingerprint density at radius 1 is 1.24 bits per heavy atom. The van der Waals surface area contributed by atoms with Crippen molar-refractivity contribution in [3.63, 3.8) is 0 Å². The van der Waals surface area contributed by atoms with E-state index in [9.17, 15) is 4.79 Å². The van der Waals surface area contributed by atoms with E-state index in [2.05, 4.69) is 25.4 Å². The van der Waals surface area contributed by atoms with Crippen molar-refractivity contribution in [1.82, 2.24) is 29.1 Å². The molecule has 3 heterocycles. The van der Waals surface area contributed by atoms with Gasteiger partial charge in [0.1, 0.15) is 6.33 Å². The second-order valence-corrected chi connectivity index (χ2v) is 5.61. The SMILES string of the molecule is CC(C)(C)n1cnc(C(=O)Nc2cnc3nccn3c2)n1. The summed E-state index contributed by atoms with van der Waals surface area (Å²) in [5.41, 5.74) is 0.334. The standard InChI is InChI=1S/C13H15N7O/c1-13(2,3)20-8-16-10(18-20)11(21)17-9-6-15-12-14-4-5-19(12)7-9/h4-8H,1-3H3,(H,17,21). The van der Waals surface area contributed by atoms with Gasteiger partial charge in [0, 0.05) is 18.6 Å². The number of hydrogen-bond acceptors (Lipinski definition) is 5. The molecular formula is C13H15N7O. The summed E-state index contributed by atoms with van der Waals surface area (Å²) < 4.78 is 3.37. The molecule has 1 N–H and O–H groups in total. The number of nitrogens with zero attached hydrogens (tertiary/aromatic N) is 6. The molecule has 0 saturated carbocycles. The summed E-state index contributed by atoms with van der Waals surface area (Å²) in [6, 6.07) is 0. The van der Waals surface area contributed by atoms with Crippen molar-refractivity contribution >= 4 is 17.4 Å². The van der Waals surface area contributed by atoms with Gasteiger partial charge in [-0.15, -0.1) is 5.10 Å². The Hall–Kier alpha value is -2.77. The number of carbonyl (C=O) groups excluding carboxylic acids is 1. The van der Waals surface area contributed by atoms with Crippen LogP contribution in [0.25, 0.3) is 5.78 Å². The third-order valence-electron chi connectivity index (χ3n) is 2.89. The van der Waals surface area contributed by atoms with Crippen LogP contribution in [0.3, 0.4) is 0 Å². The molecule has 21 heavy (non-hydrogen) atoms. The summed E-state index contributed by atoms with van der Waals surface area (Å²) >= 11 is 0. The predicted molar refractivity (Wildman–Crippen MR) is 76.0 cm³/mol. The molecule has 0 spiro atoms. The minimum atomic E-state index is -0.376. The van der Waals surface area contributed by atoms with Crippen LogP contribution < -0.4 is 5.32 Å². The van der Waals surface area contributed by atoms with Gasteiger partial charge in [-0.1, -0.05) is 0 Å². The third-order valence-corrected chi connectivity index (χ3v) is 2.89. The first kappa shape index (κ1) is 13.2. The summed E-state index contributed by atoms with van der Waals surface area (Å²) in [7, 11) is 0. The minimum absolute atomic E-state index is 0.121. The number of hydrogen-bond donors (Lipinski definition) is 1. The topological polar surface area (TPSA) is 90.0 Å². The predicted octanol–water partition coefficient (Wildman–Crippen LogP) is 1.33. The molecule has 8 heteroatoms. The van der Waals surface area contributed by atoms with Gasteiger partial charge in [-0.05, 0) is 20.8 Å². The lowest BCUT2D eigenvalue weighted by molar-refractivity contribution is 0.101. The van der Waals surface area contributed by atoms with Crippen molar-refractivity contribution in [2.75, 3.05) is 5.32 Å². The summed E-state index contributed by atoms with van der Waals surface area (Å²) in [5.74, 6) is 0.318. The summed E-state index contributed by atoms with van der Waals surface area (Å²) in [6.07, 6.45) is 8.21. The molecule has 3 aromatic heterocycles. The van der Waals surface area contributed by atoms with Gasteiger partial charge in [-0.25, -0.2) is 19.6 Å². The molecule has 0 aromatic carbocycles. The molecule has 108 valence electrons. The first-order valence-electron chi connectivity index (χ1n) is 6.46. The lowest BCUT2D eigenvalue weighted by Gasteiger charge is -2.17. The highest BCUT2D eigenvalue weighted by Crippen LogP contribution is 2.12. The molecule has 3 aromatic rings. The summed E-state index contributed by atoms with van der Waals surface area (Å²) in [5, 5.41) is 6.90. The molecule has 0 aliphatic rings. The Morgan fingerprint density at radius 2 is 2.05 bits per heavy atom. The lowest BCUT2D eigenvalue weighted by atomic mass is 10.1. The van der Waals surface area contributed by atoms with Crippen LogP contribution in [0.5, 0.6) is 0 Å². The van der Waals surface area contributed by atoms with Gasteiger partial charge in [-0.2, -0.15) is 0 Å². The molecule has 3 rings (SSSR count). The monoisotopic (exact) mass is 285 g/mol. The third kappa shape index (κ3) is 2.60. The maximum atomic E-state index is 12.1. The van der Waals surface area contributed by atoms with Crippen LogP contribution in [0, 0.1) is 0 Å². The van der Waals surface area contributed by atoms with Crippen molar-refractivity contribution < 1.29 is 4.79 Å². The quantitative estimate of drug-likeness (QED) is 0.767. The molecule has 8 nitrogen and oxygen atoms in total. The van der Waals surface area contributed by atoms with Crippen LogP contribution in [-0.2, 0) is 5.54 Å². The van der Waals surface area contributed by atoms with Crippen LogP contribution in [-0.4, -0.2) is 35.0 Å². The normalized spacial score (nSPS) is 11.8. The zero-order valence-electron chi connectivity index (χ0n) is 12.0. The number of rotatable bonds is 2. The molecule has 0 unspecified atom stereocenters. The number of aromatic nitrogens is 6. The fraction of sp³-hybridized carbons (Fsp3) is 0.308. The smallest absolute Gasteiger partial charge is 0.295 e. The minimum Gasteiger partial charge on any atom is -0.317 e. The lowest BCUT2D eigenvalue weighted by Crippen LogP contribution is -2.23. The second kappa shape index (κ2) is 4.65. The molecule has 0 saturated heterocycles. The van der Waals surface area contributed by atoms with Gasteiger partial charge in [0.2, 0.25) is 11.6 Å². The Morgan fingerprint density at radius 3 is 2.76 bits per heavy atom. The fourth-order valence-corrected chi connectivity index (χ4v) is 1.76. The van der Waals surface area contributed by atoms with Gasteiger partial charge >= 0.3 is 0 Å². The van der Waals surface area contributed by atoms with Crippen LogP contribution >= 0.6 is 0 Å². The summed E-state index contributed by atoms with van der Waals surface area (Å²) in [4.78, 5) is 24.3. The van der Waals surface area contributed by atoms with Crippen molar-refractivity contribution in [3.8, 4) is 0 Å². The molecule has 1 amide bonds. The maximum Gasteiger partial charge on any atom is 0.295 e. The molecule has 0 atom stereocenters. The molecule has 0 fully saturated rings. The highest BCUT2D eigenvalue weighted by atomic mass is 16.2. The number of carbonyl (C=O) groups is 1. The number of nitrogens with one attached hydrogen (secondary N) is 1. The molecular weight excluding hydrogens is 270 g/mol. The Balaban J connectivity index is 1.80. The highest BCUT2D eigenvalue weighted by Gasteiger charge is 2.18. The average Bonchev–Trinajstić information content (AvgIpc) is 3.06. The van der Waals surface area contributed by atoms with Gasteiger partial charge < -0.3 is 5.32 Å². The van der Waals surface area contributed by atoms with Crippen LogP contribution in [0.1, 0.15) is 31.4 Å². The second-order valence-electron chi connectivity index (χ2n) is 5.61. The zero-order chi connectivity index (χ0) is 15.0. The van der Waals surface area contributed by atoms with E-state index < -0.39 is 0 Å². The molecule has 0 bridgehead atoms. The number of anilines is 1. The van der Waals surface area contributed by atoms with Crippen molar-refractivity contribution in [3.05, 3.63) is 36.9 Å². The molecule has 0 radical (unpaired) electrons. The largest absolute Gasteiger partial charge is 0.317 e. The number of amides is 1. The summed E-state index contributed by atoms with van der Waals surface area (Å²) in [6.45, 7) is 5.96. The molecule has 0 aliphatic heterocycles. The Kier molecular flexibility index (Phi) is 2.93. The van der Waals surface area contributed by atoms with E-state index >= 15 is 0 Å². The van der Waals surface area contributed by atoms with E-state index in [0.29, 0.717) is 11.5 Å². The fourth-order valence-electron chi connectivity index (χ4n) is 1.76. The first-order valence-corrected chi connectivity index (χ1v) is 6.46. The van der Waals surface area contributed by atoms with Crippen molar-refractivity contribution in [2.45, 2.75) is 26.3 Å². The number of fused-ring (bicyclic) bond motifs is 1. The van der Waals surface area contributed by atoms with Gasteiger partial charge in [-0.3, -0.25) is 9.20 Å². The van der Waals surface area contributed by atoms with Gasteiger partial charge in [0.05, 0.1) is 17.4 Å². The Labute approximate surface area is 120 Å². The zero-order valence-corrected chi connectivity index (χ0v) is 12.0. The van der Waals surface area contributed by atoms with E-state index in [-0.39, 0.29) is 17.3 Å². The van der Waals surface area contributed by atoms with E-state index in [0.717, 1.165) is 0 Å². The number of imidazole rings is 1. The highest BCUT2D eigenvalue weighted by molar-refractivity contribution is 6.01. The van der Waals surface area contributed by atoms with Crippen LogP contribution in [0.4, 0.5) is 5.69 Å². The average molecular weight is 285 g/mol. The van der Waals surface area contributed by atoms with E-state index in [1.165, 1.54) is 0 Å². The van der Waals surface area contributed by atoms with E-state index in [1.54, 1.807) is 40.2 Å². The molecule has 0 aliphatic carbocycles. The van der Waals surface area contributed by atoms with E-state index in [4.69, 9.17) is 0 Å².